The summed E-state index contributed by atoms with van der Waals surface area (Å²) in [6.45, 7) is 7.64. The van der Waals surface area contributed by atoms with Crippen molar-refractivity contribution in [1.29, 1.82) is 0 Å². The summed E-state index contributed by atoms with van der Waals surface area (Å²) in [5, 5.41) is 9.46. The number of aromatic nitrogens is 2. The molecule has 0 amide bonds. The van der Waals surface area contributed by atoms with Gasteiger partial charge in [-0.15, -0.1) is 5.10 Å². The van der Waals surface area contributed by atoms with Crippen LogP contribution in [0.25, 0.3) is 0 Å². The van der Waals surface area contributed by atoms with Crippen LogP contribution in [0.2, 0.25) is 0 Å². The molecule has 0 aliphatic rings. The lowest BCUT2D eigenvalue weighted by molar-refractivity contribution is 0.455. The van der Waals surface area contributed by atoms with Crippen LogP contribution in [-0.4, -0.2) is 15.6 Å². The minimum atomic E-state index is 0.574. The first-order chi connectivity index (χ1) is 7.18. The van der Waals surface area contributed by atoms with E-state index in [-0.39, 0.29) is 0 Å². The molecule has 86 valence electrons. The van der Waals surface area contributed by atoms with Crippen molar-refractivity contribution < 1.29 is 0 Å². The molecular weight excluding hydrogens is 206 g/mol. The van der Waals surface area contributed by atoms with Crippen LogP contribution < -0.4 is 5.32 Å². The van der Waals surface area contributed by atoms with Crippen molar-refractivity contribution in [3.05, 3.63) is 11.1 Å². The monoisotopic (exact) mass is 227 g/mol. The van der Waals surface area contributed by atoms with E-state index in [1.807, 2.05) is 5.38 Å². The van der Waals surface area contributed by atoms with Crippen LogP contribution >= 0.6 is 11.5 Å². The largest absolute Gasteiger partial charge is 0.309 e. The third-order valence-corrected chi connectivity index (χ3v) is 3.01. The van der Waals surface area contributed by atoms with Gasteiger partial charge in [0, 0.05) is 18.0 Å². The third-order valence-electron chi connectivity index (χ3n) is 2.46. The van der Waals surface area contributed by atoms with Gasteiger partial charge in [-0.25, -0.2) is 0 Å². The van der Waals surface area contributed by atoms with E-state index in [1.54, 1.807) is 0 Å². The maximum atomic E-state index is 4.00. The predicted molar refractivity (Wildman–Crippen MR) is 64.9 cm³/mol. The van der Waals surface area contributed by atoms with Crippen molar-refractivity contribution in [3.63, 3.8) is 0 Å². The molecule has 1 aromatic rings. The van der Waals surface area contributed by atoms with Gasteiger partial charge >= 0.3 is 0 Å². The van der Waals surface area contributed by atoms with Crippen molar-refractivity contribution in [2.75, 3.05) is 0 Å². The summed E-state index contributed by atoms with van der Waals surface area (Å²) >= 11 is 1.41. The molecule has 15 heavy (non-hydrogen) atoms. The first-order valence-electron chi connectivity index (χ1n) is 5.67. The second-order valence-corrected chi connectivity index (χ2v) is 5.11. The normalized spacial score (nSPS) is 13.3. The standard InChI is InChI=1S/C11H21N3S/c1-9(2)5-4-6-10(3)12-7-11-8-15-14-13-11/h8-10,12H,4-7H2,1-3H3. The van der Waals surface area contributed by atoms with Crippen LogP contribution in [-0.2, 0) is 6.54 Å². The highest BCUT2D eigenvalue weighted by atomic mass is 32.1. The van der Waals surface area contributed by atoms with E-state index < -0.39 is 0 Å². The molecular formula is C11H21N3S. The minimum Gasteiger partial charge on any atom is -0.309 e. The number of nitrogens with one attached hydrogen (secondary N) is 1. The number of hydrogen-bond acceptors (Lipinski definition) is 4. The smallest absolute Gasteiger partial charge is 0.0893 e. The lowest BCUT2D eigenvalue weighted by atomic mass is 10.0. The number of rotatable bonds is 7. The van der Waals surface area contributed by atoms with Gasteiger partial charge in [0.2, 0.25) is 0 Å². The molecule has 0 spiro atoms. The molecule has 0 aromatic carbocycles. The zero-order valence-corrected chi connectivity index (χ0v) is 10.7. The maximum absolute atomic E-state index is 4.00. The molecule has 0 bridgehead atoms. The van der Waals surface area contributed by atoms with Gasteiger partial charge in [-0.3, -0.25) is 0 Å². The first kappa shape index (κ1) is 12.6. The Morgan fingerprint density at radius 3 is 2.73 bits per heavy atom. The molecule has 1 unspecified atom stereocenters. The lowest BCUT2D eigenvalue weighted by Crippen LogP contribution is -2.25. The van der Waals surface area contributed by atoms with Gasteiger partial charge < -0.3 is 5.32 Å². The highest BCUT2D eigenvalue weighted by Crippen LogP contribution is 2.08. The van der Waals surface area contributed by atoms with Gasteiger partial charge in [0.15, 0.2) is 0 Å². The average molecular weight is 227 g/mol. The molecule has 1 aromatic heterocycles. The molecule has 3 nitrogen and oxygen atoms in total. The Morgan fingerprint density at radius 2 is 2.13 bits per heavy atom. The van der Waals surface area contributed by atoms with Gasteiger partial charge in [-0.1, -0.05) is 31.2 Å². The van der Waals surface area contributed by atoms with Crippen LogP contribution in [0.3, 0.4) is 0 Å². The summed E-state index contributed by atoms with van der Waals surface area (Å²) in [5.74, 6) is 0.819. The zero-order valence-electron chi connectivity index (χ0n) is 9.86. The van der Waals surface area contributed by atoms with Crippen molar-refractivity contribution in [2.45, 2.75) is 52.6 Å². The van der Waals surface area contributed by atoms with Crippen molar-refractivity contribution >= 4 is 11.5 Å². The predicted octanol–water partition coefficient (Wildman–Crippen LogP) is 2.84. The first-order valence-corrected chi connectivity index (χ1v) is 6.51. The summed E-state index contributed by atoms with van der Waals surface area (Å²) < 4.78 is 3.84. The Hall–Kier alpha value is -0.480. The van der Waals surface area contributed by atoms with Gasteiger partial charge in [-0.05, 0) is 30.8 Å². The average Bonchev–Trinajstić information content (AvgIpc) is 2.66. The number of hydrogen-bond donors (Lipinski definition) is 1. The van der Waals surface area contributed by atoms with Crippen LogP contribution in [0.15, 0.2) is 5.38 Å². The molecule has 0 fully saturated rings. The van der Waals surface area contributed by atoms with E-state index in [9.17, 15) is 0 Å². The van der Waals surface area contributed by atoms with E-state index in [4.69, 9.17) is 0 Å². The fourth-order valence-corrected chi connectivity index (χ4v) is 1.93. The SMILES string of the molecule is CC(C)CCCC(C)NCc1csnn1. The molecule has 1 atom stereocenters. The van der Waals surface area contributed by atoms with Crippen molar-refractivity contribution in [2.24, 2.45) is 5.92 Å². The van der Waals surface area contributed by atoms with Gasteiger partial charge in [0.05, 0.1) is 5.69 Å². The zero-order chi connectivity index (χ0) is 11.1. The van der Waals surface area contributed by atoms with E-state index in [0.29, 0.717) is 6.04 Å². The summed E-state index contributed by atoms with van der Waals surface area (Å²) in [7, 11) is 0. The fourth-order valence-electron chi connectivity index (χ4n) is 1.47. The second kappa shape index (κ2) is 6.90. The molecule has 1 N–H and O–H groups in total. The second-order valence-electron chi connectivity index (χ2n) is 4.50. The Bertz CT molecular complexity index is 246. The van der Waals surface area contributed by atoms with Crippen molar-refractivity contribution in [3.8, 4) is 0 Å². The molecule has 1 heterocycles. The quantitative estimate of drug-likeness (QED) is 0.778. The van der Waals surface area contributed by atoms with Gasteiger partial charge in [0.1, 0.15) is 0 Å². The number of nitrogens with zero attached hydrogens (tertiary/aromatic N) is 2. The molecule has 0 saturated carbocycles. The minimum absolute atomic E-state index is 0.574. The summed E-state index contributed by atoms with van der Waals surface area (Å²) in [6.07, 6.45) is 3.88. The summed E-state index contributed by atoms with van der Waals surface area (Å²) in [6, 6.07) is 0.574. The topological polar surface area (TPSA) is 37.8 Å². The van der Waals surface area contributed by atoms with Crippen molar-refractivity contribution in [1.82, 2.24) is 14.9 Å². The Balaban J connectivity index is 2.06. The summed E-state index contributed by atoms with van der Waals surface area (Å²) in [5.41, 5.74) is 1.05. The molecule has 1 rings (SSSR count). The van der Waals surface area contributed by atoms with Crippen LogP contribution in [0.4, 0.5) is 0 Å². The Labute approximate surface area is 96.5 Å². The molecule has 4 heteroatoms. The Morgan fingerprint density at radius 1 is 1.33 bits per heavy atom. The van der Waals surface area contributed by atoms with Crippen LogP contribution in [0, 0.1) is 5.92 Å². The molecule has 0 aliphatic heterocycles. The maximum Gasteiger partial charge on any atom is 0.0893 e. The van der Waals surface area contributed by atoms with Gasteiger partial charge in [0.25, 0.3) is 0 Å². The van der Waals surface area contributed by atoms with E-state index in [0.717, 1.165) is 18.2 Å². The fraction of sp³-hybridized carbons (Fsp3) is 0.818. The Kier molecular flexibility index (Phi) is 5.79. The third kappa shape index (κ3) is 5.85. The molecule has 0 aliphatic carbocycles. The summed E-state index contributed by atoms with van der Waals surface area (Å²) in [4.78, 5) is 0. The van der Waals surface area contributed by atoms with E-state index in [1.165, 1.54) is 30.8 Å². The van der Waals surface area contributed by atoms with Crippen LogP contribution in [0.5, 0.6) is 0 Å². The lowest BCUT2D eigenvalue weighted by Gasteiger charge is -2.13. The van der Waals surface area contributed by atoms with Crippen LogP contribution in [0.1, 0.15) is 45.7 Å². The van der Waals surface area contributed by atoms with Gasteiger partial charge in [-0.2, -0.15) is 0 Å². The highest BCUT2D eigenvalue weighted by molar-refractivity contribution is 7.03. The molecule has 0 radical (unpaired) electrons. The van der Waals surface area contributed by atoms with E-state index in [2.05, 4.69) is 35.7 Å². The highest BCUT2D eigenvalue weighted by Gasteiger charge is 2.03. The van der Waals surface area contributed by atoms with E-state index >= 15 is 0 Å². The molecule has 0 saturated heterocycles.